The predicted molar refractivity (Wildman–Crippen MR) is 84.8 cm³/mol. The Kier molecular flexibility index (Phi) is 3.95. The smallest absolute Gasteiger partial charge is 0.266 e. The van der Waals surface area contributed by atoms with Crippen LogP contribution in [0.25, 0.3) is 5.69 Å². The van der Waals surface area contributed by atoms with Gasteiger partial charge in [0.05, 0.1) is 21.7 Å². The molecular formula is C14H5ClN4OS2. The molecule has 2 aromatic rings. The van der Waals surface area contributed by atoms with Crippen LogP contribution in [-0.4, -0.2) is 9.78 Å². The van der Waals surface area contributed by atoms with E-state index in [0.717, 1.165) is 23.5 Å². The molecule has 0 saturated carbocycles. The highest BCUT2D eigenvalue weighted by molar-refractivity contribution is 8.09. The van der Waals surface area contributed by atoms with Crippen molar-refractivity contribution in [1.29, 1.82) is 10.5 Å². The van der Waals surface area contributed by atoms with Crippen LogP contribution < -0.4 is 5.56 Å². The Bertz CT molecular complexity index is 953. The minimum Gasteiger partial charge on any atom is -0.266 e. The average Bonchev–Trinajstić information content (AvgIpc) is 2.54. The number of halogens is 1. The standard InChI is InChI=1S/C14H5ClN4OS2/c15-8-2-1-3-9(4-8)19-14(20)13-12(7-18-19)21-10(5-16)11(6-17)22-13/h1-4,7H. The Balaban J connectivity index is 2.15. The molecule has 0 atom stereocenters. The van der Waals surface area contributed by atoms with Crippen molar-refractivity contribution in [1.82, 2.24) is 9.78 Å². The molecule has 0 radical (unpaired) electrons. The van der Waals surface area contributed by atoms with Crippen molar-refractivity contribution in [3.05, 3.63) is 55.6 Å². The number of hydrogen-bond acceptors (Lipinski definition) is 6. The monoisotopic (exact) mass is 344 g/mol. The lowest BCUT2D eigenvalue weighted by atomic mass is 10.3. The van der Waals surface area contributed by atoms with Gasteiger partial charge in [-0.25, -0.2) is 0 Å². The van der Waals surface area contributed by atoms with Crippen molar-refractivity contribution >= 4 is 35.1 Å². The van der Waals surface area contributed by atoms with E-state index < -0.39 is 0 Å². The van der Waals surface area contributed by atoms with Gasteiger partial charge >= 0.3 is 0 Å². The highest BCUT2D eigenvalue weighted by atomic mass is 35.5. The normalized spacial score (nSPS) is 13.2. The first-order valence-electron chi connectivity index (χ1n) is 5.92. The molecule has 0 aliphatic carbocycles. The summed E-state index contributed by atoms with van der Waals surface area (Å²) in [5, 5.41) is 22.8. The van der Waals surface area contributed by atoms with Crippen LogP contribution in [0.4, 0.5) is 0 Å². The zero-order chi connectivity index (χ0) is 15.7. The molecule has 0 unspecified atom stereocenters. The lowest BCUT2D eigenvalue weighted by Crippen LogP contribution is -2.23. The summed E-state index contributed by atoms with van der Waals surface area (Å²) in [5.74, 6) is 0. The highest BCUT2D eigenvalue weighted by Gasteiger charge is 2.24. The minimum absolute atomic E-state index is 0.223. The van der Waals surface area contributed by atoms with Gasteiger partial charge in [0.15, 0.2) is 0 Å². The van der Waals surface area contributed by atoms with Crippen LogP contribution in [0.1, 0.15) is 0 Å². The van der Waals surface area contributed by atoms with Crippen molar-refractivity contribution in [2.45, 2.75) is 9.79 Å². The van der Waals surface area contributed by atoms with E-state index in [1.807, 2.05) is 12.1 Å². The second-order valence-corrected chi connectivity index (χ2v) is 6.63. The third kappa shape index (κ3) is 2.51. The topological polar surface area (TPSA) is 82.5 Å². The fraction of sp³-hybridized carbons (Fsp3) is 0. The number of fused-ring (bicyclic) bond motifs is 1. The van der Waals surface area contributed by atoms with Crippen molar-refractivity contribution in [3.8, 4) is 17.8 Å². The molecule has 1 aromatic carbocycles. The van der Waals surface area contributed by atoms with Gasteiger partial charge in [-0.05, 0) is 18.2 Å². The molecule has 0 saturated heterocycles. The first-order valence-corrected chi connectivity index (χ1v) is 7.93. The van der Waals surface area contributed by atoms with Crippen molar-refractivity contribution in [3.63, 3.8) is 0 Å². The lowest BCUT2D eigenvalue weighted by molar-refractivity contribution is 0.756. The third-order valence-corrected chi connectivity index (χ3v) is 5.40. The Morgan fingerprint density at radius 1 is 1.18 bits per heavy atom. The fourth-order valence-electron chi connectivity index (χ4n) is 1.83. The predicted octanol–water partition coefficient (Wildman–Crippen LogP) is 3.34. The minimum atomic E-state index is -0.345. The maximum atomic E-state index is 12.6. The van der Waals surface area contributed by atoms with E-state index in [1.54, 1.807) is 24.3 Å². The van der Waals surface area contributed by atoms with E-state index >= 15 is 0 Å². The second-order valence-electron chi connectivity index (χ2n) is 4.12. The molecular weight excluding hydrogens is 340 g/mol. The molecule has 0 fully saturated rings. The molecule has 0 bridgehead atoms. The SMILES string of the molecule is N#CC1=C(C#N)Sc2c(cnn(-c3cccc(Cl)c3)c2=O)S1. The van der Waals surface area contributed by atoms with Crippen LogP contribution in [0.3, 0.4) is 0 Å². The number of nitrogens with zero attached hydrogens (tertiary/aromatic N) is 4. The third-order valence-electron chi connectivity index (χ3n) is 2.78. The number of aromatic nitrogens is 2. The fourth-order valence-corrected chi connectivity index (χ4v) is 3.92. The van der Waals surface area contributed by atoms with Crippen LogP contribution in [0.15, 0.2) is 54.9 Å². The van der Waals surface area contributed by atoms with Crippen LogP contribution >= 0.6 is 35.1 Å². The van der Waals surface area contributed by atoms with Gasteiger partial charge in [-0.1, -0.05) is 41.2 Å². The van der Waals surface area contributed by atoms with Crippen LogP contribution in [0.2, 0.25) is 5.02 Å². The summed E-state index contributed by atoms with van der Waals surface area (Å²) in [5.41, 5.74) is 0.196. The molecule has 3 rings (SSSR count). The summed E-state index contributed by atoms with van der Waals surface area (Å²) < 4.78 is 1.23. The molecule has 8 heteroatoms. The molecule has 0 spiro atoms. The van der Waals surface area contributed by atoms with Crippen LogP contribution in [0.5, 0.6) is 0 Å². The van der Waals surface area contributed by atoms with Crippen molar-refractivity contribution < 1.29 is 0 Å². The zero-order valence-electron chi connectivity index (χ0n) is 10.8. The van der Waals surface area contributed by atoms with Gasteiger partial charge in [0, 0.05) is 5.02 Å². The molecule has 106 valence electrons. The van der Waals surface area contributed by atoms with E-state index in [4.69, 9.17) is 22.1 Å². The number of hydrogen-bond donors (Lipinski definition) is 0. The molecule has 22 heavy (non-hydrogen) atoms. The molecule has 1 aliphatic rings. The van der Waals surface area contributed by atoms with E-state index in [2.05, 4.69) is 5.10 Å². The van der Waals surface area contributed by atoms with Gasteiger partial charge in [-0.2, -0.15) is 20.3 Å². The van der Waals surface area contributed by atoms with Crippen LogP contribution in [0, 0.1) is 22.7 Å². The number of allylic oxidation sites excluding steroid dienone is 2. The van der Waals surface area contributed by atoms with Gasteiger partial charge in [0.25, 0.3) is 5.56 Å². The van der Waals surface area contributed by atoms with Gasteiger partial charge in [-0.3, -0.25) is 4.79 Å². The number of nitriles is 2. The van der Waals surface area contributed by atoms with Gasteiger partial charge < -0.3 is 0 Å². The van der Waals surface area contributed by atoms with Crippen LogP contribution in [-0.2, 0) is 0 Å². The second kappa shape index (κ2) is 5.90. The zero-order valence-corrected chi connectivity index (χ0v) is 13.2. The quantitative estimate of drug-likeness (QED) is 0.789. The Morgan fingerprint density at radius 3 is 2.59 bits per heavy atom. The summed E-state index contributed by atoms with van der Waals surface area (Å²) in [6, 6.07) is 10.7. The van der Waals surface area contributed by atoms with Gasteiger partial charge in [0.1, 0.15) is 21.9 Å². The molecule has 0 amide bonds. The molecule has 1 aliphatic heterocycles. The van der Waals surface area contributed by atoms with E-state index in [0.29, 0.717) is 20.5 Å². The first kappa shape index (κ1) is 14.7. The molecule has 5 nitrogen and oxygen atoms in total. The molecule has 0 N–H and O–H groups in total. The average molecular weight is 345 g/mol. The van der Waals surface area contributed by atoms with E-state index in [-0.39, 0.29) is 15.4 Å². The first-order chi connectivity index (χ1) is 10.6. The van der Waals surface area contributed by atoms with E-state index in [1.165, 1.54) is 10.9 Å². The Morgan fingerprint density at radius 2 is 1.91 bits per heavy atom. The summed E-state index contributed by atoms with van der Waals surface area (Å²) >= 11 is 8.02. The number of thioether (sulfide) groups is 2. The maximum absolute atomic E-state index is 12.6. The van der Waals surface area contributed by atoms with Crippen molar-refractivity contribution in [2.24, 2.45) is 0 Å². The Hall–Kier alpha value is -2.19. The van der Waals surface area contributed by atoms with Crippen molar-refractivity contribution in [2.75, 3.05) is 0 Å². The Labute approximate surface area is 138 Å². The largest absolute Gasteiger partial charge is 0.286 e. The summed E-state index contributed by atoms with van der Waals surface area (Å²) in [4.78, 5) is 14.1. The maximum Gasteiger partial charge on any atom is 0.286 e. The molecule has 1 aromatic heterocycles. The van der Waals surface area contributed by atoms with Gasteiger partial charge in [-0.15, -0.1) is 0 Å². The van der Waals surface area contributed by atoms with Gasteiger partial charge in [0.2, 0.25) is 0 Å². The summed E-state index contributed by atoms with van der Waals surface area (Å²) in [7, 11) is 0. The summed E-state index contributed by atoms with van der Waals surface area (Å²) in [6.07, 6.45) is 1.51. The lowest BCUT2D eigenvalue weighted by Gasteiger charge is -2.15. The summed E-state index contributed by atoms with van der Waals surface area (Å²) in [6.45, 7) is 0. The highest BCUT2D eigenvalue weighted by Crippen LogP contribution is 2.44. The number of benzene rings is 1. The number of rotatable bonds is 1. The molecule has 2 heterocycles. The van der Waals surface area contributed by atoms with E-state index in [9.17, 15) is 4.79 Å².